The molecule has 2 N–H and O–H groups in total. The fourth-order valence-corrected chi connectivity index (χ4v) is 5.32. The Kier molecular flexibility index (Phi) is 7.32. The molecule has 12 heteroatoms. The average Bonchev–Trinajstić information content (AvgIpc) is 3.27. The highest BCUT2D eigenvalue weighted by Gasteiger charge is 2.45. The van der Waals surface area contributed by atoms with Gasteiger partial charge in [-0.25, -0.2) is 14.6 Å². The number of cyclic esters (lactones) is 1. The summed E-state index contributed by atoms with van der Waals surface area (Å²) in [5.41, 5.74) is 0.717. The first kappa shape index (κ1) is 29.2. The smallest absolute Gasteiger partial charge is 0.413 e. The van der Waals surface area contributed by atoms with Gasteiger partial charge in [-0.2, -0.15) is 0 Å². The Hall–Kier alpha value is -4.29. The van der Waals surface area contributed by atoms with E-state index in [1.54, 1.807) is 50.5 Å². The molecule has 42 heavy (non-hydrogen) atoms. The van der Waals surface area contributed by atoms with E-state index in [9.17, 15) is 24.3 Å². The van der Waals surface area contributed by atoms with Crippen molar-refractivity contribution in [2.45, 2.75) is 65.0 Å². The largest absolute Gasteiger partial charge is 0.459 e. The van der Waals surface area contributed by atoms with Crippen LogP contribution in [-0.4, -0.2) is 63.8 Å². The Bertz CT molecular complexity index is 1690. The van der Waals surface area contributed by atoms with Gasteiger partial charge < -0.3 is 34.1 Å². The minimum Gasteiger partial charge on any atom is -0.459 e. The second kappa shape index (κ2) is 10.5. The van der Waals surface area contributed by atoms with Gasteiger partial charge in [0.25, 0.3) is 5.56 Å². The van der Waals surface area contributed by atoms with Crippen LogP contribution < -0.4 is 15.6 Å². The number of aliphatic hydroxyl groups is 1. The number of pyridine rings is 2. The summed E-state index contributed by atoms with van der Waals surface area (Å²) in [4.78, 5) is 57.3. The zero-order valence-corrected chi connectivity index (χ0v) is 24.5. The van der Waals surface area contributed by atoms with E-state index in [1.165, 1.54) is 0 Å². The van der Waals surface area contributed by atoms with Crippen molar-refractivity contribution in [2.24, 2.45) is 0 Å². The van der Waals surface area contributed by atoms with Crippen LogP contribution in [0.5, 0.6) is 5.75 Å². The van der Waals surface area contributed by atoms with Crippen molar-refractivity contribution in [2.75, 3.05) is 20.6 Å². The lowest BCUT2D eigenvalue weighted by Gasteiger charge is -2.31. The first-order chi connectivity index (χ1) is 19.7. The molecule has 0 aliphatic carbocycles. The summed E-state index contributed by atoms with van der Waals surface area (Å²) in [7, 11) is 3.76. The van der Waals surface area contributed by atoms with Gasteiger partial charge in [-0.3, -0.25) is 9.59 Å². The molecule has 0 saturated carbocycles. The second-order valence-corrected chi connectivity index (χ2v) is 11.8. The molecular formula is C30H34N4O8. The van der Waals surface area contributed by atoms with E-state index in [4.69, 9.17) is 19.2 Å². The van der Waals surface area contributed by atoms with Gasteiger partial charge in [-0.05, 0) is 65.6 Å². The Morgan fingerprint density at radius 2 is 1.95 bits per heavy atom. The van der Waals surface area contributed by atoms with Crippen LogP contribution >= 0.6 is 0 Å². The topological polar surface area (TPSA) is 149 Å². The van der Waals surface area contributed by atoms with Crippen molar-refractivity contribution in [1.82, 2.24) is 19.8 Å². The summed E-state index contributed by atoms with van der Waals surface area (Å²) in [6.07, 6.45) is -0.749. The zero-order chi connectivity index (χ0) is 30.6. The summed E-state index contributed by atoms with van der Waals surface area (Å²) in [5, 5.41) is 14.3. The summed E-state index contributed by atoms with van der Waals surface area (Å²) >= 11 is 0. The zero-order valence-electron chi connectivity index (χ0n) is 24.5. The number of benzene rings is 1. The number of fused-ring (bicyclic) bond motifs is 5. The molecule has 4 heterocycles. The number of hydrogen-bond acceptors (Lipinski definition) is 10. The average molecular weight is 579 g/mol. The number of nitrogens with one attached hydrogen (secondary N) is 1. The number of carbonyl (C=O) groups is 3. The van der Waals surface area contributed by atoms with Crippen molar-refractivity contribution in [3.8, 4) is 17.1 Å². The molecule has 2 aliphatic rings. The van der Waals surface area contributed by atoms with E-state index in [-0.39, 0.29) is 42.8 Å². The van der Waals surface area contributed by atoms with Crippen LogP contribution in [0.25, 0.3) is 22.3 Å². The van der Waals surface area contributed by atoms with E-state index in [0.717, 1.165) is 10.9 Å². The predicted molar refractivity (Wildman–Crippen MR) is 152 cm³/mol. The molecule has 2 aliphatic heterocycles. The number of hydrogen-bond donors (Lipinski definition) is 2. The van der Waals surface area contributed by atoms with E-state index in [0.29, 0.717) is 34.8 Å². The summed E-state index contributed by atoms with van der Waals surface area (Å²) in [6.45, 7) is 6.97. The lowest BCUT2D eigenvalue weighted by Crippen LogP contribution is -2.44. The Morgan fingerprint density at radius 1 is 1.21 bits per heavy atom. The van der Waals surface area contributed by atoms with Crippen LogP contribution in [0.3, 0.4) is 0 Å². The standard InChI is InChI=1S/C30H34N4O8/c1-7-30(39)20-11-22-25-16(13-34(22)26(36)19(20)15-40-27(30)37)10-17-18(14-33(5)6)23(9-8-21(17)32-25)41-28(38)31-12-24(35)42-29(2,3)4/h8-11,39H,7,12-15H2,1-6H3,(H,31,38)/t30-/m0/s1. The third kappa shape index (κ3) is 5.23. The lowest BCUT2D eigenvalue weighted by molar-refractivity contribution is -0.172. The molecule has 222 valence electrons. The molecule has 1 atom stereocenters. The quantitative estimate of drug-likeness (QED) is 0.327. The lowest BCUT2D eigenvalue weighted by atomic mass is 9.86. The number of carbonyl (C=O) groups excluding carboxylic acids is 3. The van der Waals surface area contributed by atoms with Gasteiger partial charge in [0.15, 0.2) is 5.60 Å². The van der Waals surface area contributed by atoms with Gasteiger partial charge in [0, 0.05) is 28.6 Å². The van der Waals surface area contributed by atoms with Crippen LogP contribution in [0.1, 0.15) is 56.4 Å². The van der Waals surface area contributed by atoms with Crippen molar-refractivity contribution >= 4 is 28.9 Å². The number of esters is 2. The number of nitrogens with zero attached hydrogens (tertiary/aromatic N) is 3. The highest BCUT2D eigenvalue weighted by Crippen LogP contribution is 2.40. The fourth-order valence-electron chi connectivity index (χ4n) is 5.32. The van der Waals surface area contributed by atoms with Gasteiger partial charge in [0.2, 0.25) is 0 Å². The minimum atomic E-state index is -1.91. The molecule has 0 fully saturated rings. The maximum atomic E-state index is 13.5. The molecule has 0 unspecified atom stereocenters. The maximum absolute atomic E-state index is 13.5. The normalized spacial score (nSPS) is 17.4. The van der Waals surface area contributed by atoms with Crippen molar-refractivity contribution in [3.63, 3.8) is 0 Å². The molecule has 0 saturated heterocycles. The number of aromatic nitrogens is 2. The van der Waals surface area contributed by atoms with Crippen molar-refractivity contribution in [1.29, 1.82) is 0 Å². The fraction of sp³-hybridized carbons (Fsp3) is 0.433. The molecule has 0 spiro atoms. The van der Waals surface area contributed by atoms with Crippen LogP contribution in [0.2, 0.25) is 0 Å². The SMILES string of the molecule is CC[C@@]1(O)C(=O)OCc2c1cc1n(c2=O)Cc2cc3c(CN(C)C)c(OC(=O)NCC(=O)OC(C)(C)C)ccc3nc2-1. The number of rotatable bonds is 6. The predicted octanol–water partition coefficient (Wildman–Crippen LogP) is 2.57. The van der Waals surface area contributed by atoms with Gasteiger partial charge in [0.1, 0.15) is 24.5 Å². The minimum absolute atomic E-state index is 0.0573. The summed E-state index contributed by atoms with van der Waals surface area (Å²) < 4.78 is 17.5. The molecule has 12 nitrogen and oxygen atoms in total. The first-order valence-electron chi connectivity index (χ1n) is 13.7. The van der Waals surface area contributed by atoms with E-state index < -0.39 is 29.2 Å². The number of amides is 1. The van der Waals surface area contributed by atoms with E-state index in [2.05, 4.69) is 5.32 Å². The molecule has 5 rings (SSSR count). The third-order valence-corrected chi connectivity index (χ3v) is 7.23. The van der Waals surface area contributed by atoms with Gasteiger partial charge in [0.05, 0.1) is 29.0 Å². The molecule has 1 aromatic carbocycles. The highest BCUT2D eigenvalue weighted by atomic mass is 16.6. The molecule has 0 radical (unpaired) electrons. The molecule has 0 bridgehead atoms. The maximum Gasteiger partial charge on any atom is 0.413 e. The molecule has 2 aromatic heterocycles. The van der Waals surface area contributed by atoms with Gasteiger partial charge in [-0.1, -0.05) is 6.92 Å². The van der Waals surface area contributed by atoms with Crippen molar-refractivity contribution in [3.05, 3.63) is 56.9 Å². The van der Waals surface area contributed by atoms with Gasteiger partial charge in [-0.15, -0.1) is 0 Å². The molecule has 1 amide bonds. The highest BCUT2D eigenvalue weighted by molar-refractivity contribution is 5.90. The molecule has 3 aromatic rings. The second-order valence-electron chi connectivity index (χ2n) is 11.8. The first-order valence-corrected chi connectivity index (χ1v) is 13.7. The summed E-state index contributed by atoms with van der Waals surface area (Å²) in [5.74, 6) is -1.06. The monoisotopic (exact) mass is 578 g/mol. The van der Waals surface area contributed by atoms with Crippen LogP contribution in [-0.2, 0) is 44.4 Å². The Morgan fingerprint density at radius 3 is 2.62 bits per heavy atom. The van der Waals surface area contributed by atoms with Crippen LogP contribution in [0.15, 0.2) is 29.1 Å². The summed E-state index contributed by atoms with van der Waals surface area (Å²) in [6, 6.07) is 6.93. The Balaban J connectivity index is 1.51. The molecular weight excluding hydrogens is 544 g/mol. The number of ether oxygens (including phenoxy) is 3. The third-order valence-electron chi connectivity index (χ3n) is 7.23. The van der Waals surface area contributed by atoms with E-state index in [1.807, 2.05) is 25.1 Å². The van der Waals surface area contributed by atoms with Crippen LogP contribution in [0.4, 0.5) is 4.79 Å². The van der Waals surface area contributed by atoms with Crippen LogP contribution in [0, 0.1) is 0 Å². The van der Waals surface area contributed by atoms with Crippen molar-refractivity contribution < 1.29 is 33.7 Å². The van der Waals surface area contributed by atoms with E-state index >= 15 is 0 Å². The van der Waals surface area contributed by atoms with Gasteiger partial charge >= 0.3 is 18.0 Å². The Labute approximate surface area is 242 Å².